The Hall–Kier alpha value is -1.38. The summed E-state index contributed by atoms with van der Waals surface area (Å²) in [6.45, 7) is 6.86. The number of carbonyl (C=O) groups excluding carboxylic acids is 1. The van der Waals surface area contributed by atoms with Crippen LogP contribution in [0.25, 0.3) is 0 Å². The van der Waals surface area contributed by atoms with Crippen LogP contribution in [0.1, 0.15) is 37.6 Å². The number of hydrogen-bond acceptors (Lipinski definition) is 1. The highest BCUT2D eigenvalue weighted by Gasteiger charge is 2.13. The lowest BCUT2D eigenvalue weighted by Crippen LogP contribution is -2.27. The van der Waals surface area contributed by atoms with E-state index < -0.39 is 5.82 Å². The summed E-state index contributed by atoms with van der Waals surface area (Å²) >= 11 is 0. The molecule has 0 fully saturated rings. The van der Waals surface area contributed by atoms with Crippen LogP contribution in [0.15, 0.2) is 24.3 Å². The molecule has 0 aliphatic rings. The van der Waals surface area contributed by atoms with Gasteiger partial charge in [-0.2, -0.15) is 0 Å². The van der Waals surface area contributed by atoms with Gasteiger partial charge >= 0.3 is 0 Å². The molecule has 0 bridgehead atoms. The first-order chi connectivity index (χ1) is 7.40. The van der Waals surface area contributed by atoms with Crippen LogP contribution < -0.4 is 5.32 Å². The van der Waals surface area contributed by atoms with Gasteiger partial charge in [0.1, 0.15) is 5.82 Å². The molecule has 0 atom stereocenters. The summed E-state index contributed by atoms with van der Waals surface area (Å²) in [5.41, 5.74) is 0.277. The van der Waals surface area contributed by atoms with Crippen molar-refractivity contribution in [2.24, 2.45) is 5.41 Å². The Balaban J connectivity index is 2.51. The van der Waals surface area contributed by atoms with Gasteiger partial charge in [-0.3, -0.25) is 4.79 Å². The minimum Gasteiger partial charge on any atom is -0.352 e. The molecule has 0 radical (unpaired) electrons. The van der Waals surface area contributed by atoms with Crippen LogP contribution in [-0.2, 0) is 0 Å². The number of nitrogens with one attached hydrogen (secondary N) is 1. The molecule has 0 heterocycles. The third-order valence-electron chi connectivity index (χ3n) is 2.28. The highest BCUT2D eigenvalue weighted by Crippen LogP contribution is 2.17. The minimum atomic E-state index is -0.476. The number of rotatable bonds is 3. The lowest BCUT2D eigenvalue weighted by molar-refractivity contribution is 0.0945. The normalized spacial score (nSPS) is 11.2. The smallest absolute Gasteiger partial charge is 0.254 e. The van der Waals surface area contributed by atoms with Crippen molar-refractivity contribution in [3.05, 3.63) is 35.6 Å². The van der Waals surface area contributed by atoms with E-state index in [1.165, 1.54) is 12.1 Å². The minimum absolute atomic E-state index is 0.108. The highest BCUT2D eigenvalue weighted by atomic mass is 19.1. The molecule has 0 aliphatic carbocycles. The maximum absolute atomic E-state index is 13.2. The van der Waals surface area contributed by atoms with Crippen molar-refractivity contribution in [1.82, 2.24) is 5.32 Å². The molecule has 1 rings (SSSR count). The van der Waals surface area contributed by atoms with Crippen LogP contribution in [0, 0.1) is 11.2 Å². The van der Waals surface area contributed by atoms with Crippen LogP contribution in [0.3, 0.4) is 0 Å². The van der Waals surface area contributed by atoms with E-state index in [1.807, 2.05) is 0 Å². The molecule has 0 aliphatic heterocycles. The third kappa shape index (κ3) is 4.01. The molecule has 1 amide bonds. The molecule has 0 spiro atoms. The topological polar surface area (TPSA) is 29.1 Å². The Kier molecular flexibility index (Phi) is 4.05. The van der Waals surface area contributed by atoms with Crippen molar-refractivity contribution in [2.45, 2.75) is 27.2 Å². The molecule has 16 heavy (non-hydrogen) atoms. The lowest BCUT2D eigenvalue weighted by atomic mass is 9.92. The zero-order valence-electron chi connectivity index (χ0n) is 10.0. The lowest BCUT2D eigenvalue weighted by Gasteiger charge is -2.18. The van der Waals surface area contributed by atoms with E-state index in [9.17, 15) is 9.18 Å². The summed E-state index contributed by atoms with van der Waals surface area (Å²) in [4.78, 5) is 11.6. The fraction of sp³-hybridized carbons (Fsp3) is 0.462. The van der Waals surface area contributed by atoms with Gasteiger partial charge < -0.3 is 5.32 Å². The number of benzene rings is 1. The van der Waals surface area contributed by atoms with Crippen molar-refractivity contribution in [3.8, 4) is 0 Å². The van der Waals surface area contributed by atoms with Gasteiger partial charge in [0.15, 0.2) is 0 Å². The summed E-state index contributed by atoms with van der Waals surface area (Å²) in [6, 6.07) is 6.00. The van der Waals surface area contributed by atoms with Crippen LogP contribution in [0.2, 0.25) is 0 Å². The number of hydrogen-bond donors (Lipinski definition) is 1. The predicted molar refractivity (Wildman–Crippen MR) is 62.8 cm³/mol. The van der Waals surface area contributed by atoms with Gasteiger partial charge in [0.25, 0.3) is 5.91 Å². The molecule has 0 saturated heterocycles. The first-order valence-electron chi connectivity index (χ1n) is 5.43. The van der Waals surface area contributed by atoms with Crippen LogP contribution in [0.4, 0.5) is 4.39 Å². The molecule has 3 heteroatoms. The summed E-state index contributed by atoms with van der Waals surface area (Å²) < 4.78 is 13.2. The summed E-state index contributed by atoms with van der Waals surface area (Å²) in [5, 5.41) is 2.72. The monoisotopic (exact) mass is 223 g/mol. The van der Waals surface area contributed by atoms with Gasteiger partial charge in [0.2, 0.25) is 0 Å². The summed E-state index contributed by atoms with van der Waals surface area (Å²) in [7, 11) is 0. The molecular formula is C13H18FNO. The van der Waals surface area contributed by atoms with E-state index in [4.69, 9.17) is 0 Å². The molecule has 0 saturated carbocycles. The van der Waals surface area contributed by atoms with E-state index in [0.717, 1.165) is 6.42 Å². The van der Waals surface area contributed by atoms with E-state index >= 15 is 0 Å². The van der Waals surface area contributed by atoms with Crippen molar-refractivity contribution < 1.29 is 9.18 Å². The van der Waals surface area contributed by atoms with Crippen molar-refractivity contribution >= 4 is 5.91 Å². The van der Waals surface area contributed by atoms with Gasteiger partial charge in [-0.15, -0.1) is 0 Å². The molecule has 1 aromatic rings. The number of halogens is 1. The largest absolute Gasteiger partial charge is 0.352 e. The average Bonchev–Trinajstić information content (AvgIpc) is 2.16. The second-order valence-electron chi connectivity index (χ2n) is 5.05. The second-order valence-corrected chi connectivity index (χ2v) is 5.05. The van der Waals surface area contributed by atoms with Crippen molar-refractivity contribution in [2.75, 3.05) is 6.54 Å². The first-order valence-corrected chi connectivity index (χ1v) is 5.43. The highest BCUT2D eigenvalue weighted by molar-refractivity contribution is 5.94. The van der Waals surface area contributed by atoms with Crippen LogP contribution in [0.5, 0.6) is 0 Å². The van der Waals surface area contributed by atoms with Gasteiger partial charge in [0, 0.05) is 6.54 Å². The van der Waals surface area contributed by atoms with Crippen LogP contribution in [-0.4, -0.2) is 12.5 Å². The van der Waals surface area contributed by atoms with E-state index in [0.29, 0.717) is 6.54 Å². The van der Waals surface area contributed by atoms with Crippen LogP contribution >= 0.6 is 0 Å². The fourth-order valence-electron chi connectivity index (χ4n) is 1.29. The molecule has 1 aromatic carbocycles. The summed E-state index contributed by atoms with van der Waals surface area (Å²) in [5.74, 6) is -0.821. The molecule has 0 unspecified atom stereocenters. The second kappa shape index (κ2) is 5.10. The molecule has 0 aromatic heterocycles. The Morgan fingerprint density at radius 1 is 1.31 bits per heavy atom. The first kappa shape index (κ1) is 12.7. The Labute approximate surface area is 95.9 Å². The third-order valence-corrected chi connectivity index (χ3v) is 2.28. The van der Waals surface area contributed by atoms with Gasteiger partial charge in [0.05, 0.1) is 5.56 Å². The zero-order chi connectivity index (χ0) is 12.2. The quantitative estimate of drug-likeness (QED) is 0.838. The Morgan fingerprint density at radius 2 is 1.94 bits per heavy atom. The average molecular weight is 223 g/mol. The molecule has 2 nitrogen and oxygen atoms in total. The van der Waals surface area contributed by atoms with E-state index in [-0.39, 0.29) is 16.9 Å². The maximum atomic E-state index is 13.2. The summed E-state index contributed by atoms with van der Waals surface area (Å²) in [6.07, 6.45) is 0.868. The number of amides is 1. The van der Waals surface area contributed by atoms with Gasteiger partial charge in [-0.05, 0) is 24.0 Å². The van der Waals surface area contributed by atoms with Gasteiger partial charge in [-0.1, -0.05) is 32.9 Å². The van der Waals surface area contributed by atoms with Gasteiger partial charge in [-0.25, -0.2) is 4.39 Å². The maximum Gasteiger partial charge on any atom is 0.254 e. The van der Waals surface area contributed by atoms with E-state index in [2.05, 4.69) is 26.1 Å². The van der Waals surface area contributed by atoms with Crippen molar-refractivity contribution in [3.63, 3.8) is 0 Å². The SMILES string of the molecule is CC(C)(C)CCNC(=O)c1ccccc1F. The Bertz CT molecular complexity index is 368. The standard InChI is InChI=1S/C13H18FNO/c1-13(2,3)8-9-15-12(16)10-6-4-5-7-11(10)14/h4-7H,8-9H2,1-3H3,(H,15,16). The molecule has 1 N–H and O–H groups in total. The Morgan fingerprint density at radius 3 is 2.50 bits per heavy atom. The fourth-order valence-corrected chi connectivity index (χ4v) is 1.29. The zero-order valence-corrected chi connectivity index (χ0v) is 10.0. The molecular weight excluding hydrogens is 205 g/mol. The van der Waals surface area contributed by atoms with E-state index in [1.54, 1.807) is 12.1 Å². The predicted octanol–water partition coefficient (Wildman–Crippen LogP) is 2.99. The molecule has 88 valence electrons. The van der Waals surface area contributed by atoms with Crippen molar-refractivity contribution in [1.29, 1.82) is 0 Å². The number of carbonyl (C=O) groups is 1.